The van der Waals surface area contributed by atoms with Crippen molar-refractivity contribution >= 4 is 5.69 Å². The van der Waals surface area contributed by atoms with Crippen LogP contribution in [0.1, 0.15) is 43.5 Å². The van der Waals surface area contributed by atoms with E-state index in [0.717, 1.165) is 6.42 Å². The van der Waals surface area contributed by atoms with Gasteiger partial charge in [-0.2, -0.15) is 10.2 Å². The molecule has 2 aromatic rings. The van der Waals surface area contributed by atoms with Gasteiger partial charge in [0, 0.05) is 18.9 Å². The molecule has 6 heteroatoms. The summed E-state index contributed by atoms with van der Waals surface area (Å²) >= 11 is 0. The Labute approximate surface area is 122 Å². The van der Waals surface area contributed by atoms with Crippen LogP contribution >= 0.6 is 0 Å². The number of anilines is 1. The van der Waals surface area contributed by atoms with E-state index in [9.17, 15) is 4.39 Å². The van der Waals surface area contributed by atoms with Gasteiger partial charge in [-0.3, -0.25) is 0 Å². The second kappa shape index (κ2) is 6.84. The molecule has 0 amide bonds. The zero-order valence-corrected chi connectivity index (χ0v) is 12.1. The maximum Gasteiger partial charge on any atom is 0.226 e. The quantitative estimate of drug-likeness (QED) is 0.826. The monoisotopic (exact) mass is 288 g/mol. The van der Waals surface area contributed by atoms with Gasteiger partial charge in [-0.1, -0.05) is 19.0 Å². The maximum atomic E-state index is 13.6. The zero-order chi connectivity index (χ0) is 15.2. The van der Waals surface area contributed by atoms with Crippen LogP contribution in [-0.2, 0) is 6.42 Å². The molecule has 0 aliphatic carbocycles. The topological polar surface area (TPSA) is 74.7 Å². The van der Waals surface area contributed by atoms with Crippen LogP contribution in [0.4, 0.5) is 10.1 Å². The smallest absolute Gasteiger partial charge is 0.226 e. The first kappa shape index (κ1) is 15.0. The average molecular weight is 288 g/mol. The molecular weight excluding hydrogens is 271 g/mol. The summed E-state index contributed by atoms with van der Waals surface area (Å²) in [5.41, 5.74) is 0.701. The SMILES string of the molecule is CC(C)c1noc(CCCNc2ccc(C#N)cc2F)n1. The normalized spacial score (nSPS) is 10.6. The Balaban J connectivity index is 1.80. The number of hydrogen-bond acceptors (Lipinski definition) is 5. The molecule has 0 aliphatic rings. The maximum absolute atomic E-state index is 13.6. The van der Waals surface area contributed by atoms with Gasteiger partial charge in [0.05, 0.1) is 17.3 Å². The van der Waals surface area contributed by atoms with Gasteiger partial charge in [0.25, 0.3) is 0 Å². The molecule has 0 aliphatic heterocycles. The van der Waals surface area contributed by atoms with Crippen molar-refractivity contribution in [3.63, 3.8) is 0 Å². The van der Waals surface area contributed by atoms with E-state index in [1.54, 1.807) is 12.1 Å². The van der Waals surface area contributed by atoms with Crippen LogP contribution in [0.3, 0.4) is 0 Å². The largest absolute Gasteiger partial charge is 0.383 e. The van der Waals surface area contributed by atoms with Crippen LogP contribution in [0.25, 0.3) is 0 Å². The van der Waals surface area contributed by atoms with E-state index < -0.39 is 5.82 Å². The molecule has 1 aromatic carbocycles. The van der Waals surface area contributed by atoms with Crippen LogP contribution in [0.15, 0.2) is 22.7 Å². The highest BCUT2D eigenvalue weighted by Crippen LogP contribution is 2.15. The highest BCUT2D eigenvalue weighted by molar-refractivity contribution is 5.48. The molecule has 0 unspecified atom stereocenters. The van der Waals surface area contributed by atoms with Crippen LogP contribution < -0.4 is 5.32 Å². The third kappa shape index (κ3) is 4.02. The lowest BCUT2D eigenvalue weighted by Crippen LogP contribution is -2.05. The highest BCUT2D eigenvalue weighted by Gasteiger charge is 2.09. The number of nitrogens with one attached hydrogen (secondary N) is 1. The number of rotatable bonds is 6. The fraction of sp³-hybridized carbons (Fsp3) is 0.400. The second-order valence-electron chi connectivity index (χ2n) is 5.04. The summed E-state index contributed by atoms with van der Waals surface area (Å²) in [6.45, 7) is 4.59. The molecule has 0 fully saturated rings. The molecule has 1 N–H and O–H groups in total. The van der Waals surface area contributed by atoms with E-state index in [-0.39, 0.29) is 5.92 Å². The Kier molecular flexibility index (Phi) is 4.88. The van der Waals surface area contributed by atoms with Gasteiger partial charge in [-0.15, -0.1) is 0 Å². The minimum Gasteiger partial charge on any atom is -0.383 e. The van der Waals surface area contributed by atoms with E-state index in [4.69, 9.17) is 9.78 Å². The molecular formula is C15H17FN4O. The summed E-state index contributed by atoms with van der Waals surface area (Å²) in [5, 5.41) is 15.6. The fourth-order valence-corrected chi connectivity index (χ4v) is 1.79. The average Bonchev–Trinajstić information content (AvgIpc) is 2.94. The van der Waals surface area contributed by atoms with Gasteiger partial charge >= 0.3 is 0 Å². The molecule has 5 nitrogen and oxygen atoms in total. The third-order valence-electron chi connectivity index (χ3n) is 2.98. The number of nitriles is 1. The first-order chi connectivity index (χ1) is 10.1. The molecule has 0 bridgehead atoms. The van der Waals surface area contributed by atoms with Gasteiger partial charge in [0.2, 0.25) is 5.89 Å². The van der Waals surface area contributed by atoms with Crippen molar-refractivity contribution in [2.75, 3.05) is 11.9 Å². The predicted octanol–water partition coefficient (Wildman–Crippen LogP) is 3.25. The summed E-state index contributed by atoms with van der Waals surface area (Å²) in [6, 6.07) is 6.27. The third-order valence-corrected chi connectivity index (χ3v) is 2.98. The Morgan fingerprint density at radius 3 is 2.86 bits per heavy atom. The van der Waals surface area contributed by atoms with Crippen LogP contribution in [0.2, 0.25) is 0 Å². The number of halogens is 1. The van der Waals surface area contributed by atoms with Crippen molar-refractivity contribution in [2.45, 2.75) is 32.6 Å². The van der Waals surface area contributed by atoms with Crippen molar-refractivity contribution < 1.29 is 8.91 Å². The summed E-state index contributed by atoms with van der Waals surface area (Å²) in [7, 11) is 0. The van der Waals surface area contributed by atoms with Gasteiger partial charge in [-0.25, -0.2) is 4.39 Å². The molecule has 0 spiro atoms. The summed E-state index contributed by atoms with van der Waals surface area (Å²) in [5.74, 6) is 1.12. The number of aromatic nitrogens is 2. The minimum atomic E-state index is -0.422. The van der Waals surface area contributed by atoms with E-state index in [1.807, 2.05) is 19.9 Å². The van der Waals surface area contributed by atoms with Crippen molar-refractivity contribution in [1.29, 1.82) is 5.26 Å². The summed E-state index contributed by atoms with van der Waals surface area (Å²) < 4.78 is 18.8. The molecule has 0 saturated heterocycles. The predicted molar refractivity (Wildman–Crippen MR) is 76.3 cm³/mol. The minimum absolute atomic E-state index is 0.244. The molecule has 0 saturated carbocycles. The van der Waals surface area contributed by atoms with Gasteiger partial charge in [0.15, 0.2) is 5.82 Å². The van der Waals surface area contributed by atoms with Crippen molar-refractivity contribution in [3.05, 3.63) is 41.3 Å². The molecule has 1 heterocycles. The second-order valence-corrected chi connectivity index (χ2v) is 5.04. The lowest BCUT2D eigenvalue weighted by Gasteiger charge is -2.06. The molecule has 0 atom stereocenters. The molecule has 21 heavy (non-hydrogen) atoms. The molecule has 1 aromatic heterocycles. The molecule has 0 radical (unpaired) electrons. The van der Waals surface area contributed by atoms with E-state index in [1.165, 1.54) is 6.07 Å². The molecule has 110 valence electrons. The lowest BCUT2D eigenvalue weighted by atomic mass is 10.2. The summed E-state index contributed by atoms with van der Waals surface area (Å²) in [6.07, 6.45) is 1.39. The Hall–Kier alpha value is -2.42. The van der Waals surface area contributed by atoms with E-state index in [2.05, 4.69) is 15.5 Å². The van der Waals surface area contributed by atoms with Gasteiger partial charge in [0.1, 0.15) is 5.82 Å². The van der Waals surface area contributed by atoms with Crippen molar-refractivity contribution in [1.82, 2.24) is 10.1 Å². The number of nitrogens with zero attached hydrogens (tertiary/aromatic N) is 3. The number of benzene rings is 1. The first-order valence-electron chi connectivity index (χ1n) is 6.86. The van der Waals surface area contributed by atoms with Crippen molar-refractivity contribution in [2.24, 2.45) is 0 Å². The standard InChI is InChI=1S/C15H17FN4O/c1-10(2)15-19-14(21-20-15)4-3-7-18-13-6-5-11(9-17)8-12(13)16/h5-6,8,10,18H,3-4,7H2,1-2H3. The highest BCUT2D eigenvalue weighted by atomic mass is 19.1. The van der Waals surface area contributed by atoms with Crippen LogP contribution in [-0.4, -0.2) is 16.7 Å². The molecule has 2 rings (SSSR count). The van der Waals surface area contributed by atoms with Crippen LogP contribution in [0.5, 0.6) is 0 Å². The Bertz CT molecular complexity index is 645. The van der Waals surface area contributed by atoms with E-state index >= 15 is 0 Å². The lowest BCUT2D eigenvalue weighted by molar-refractivity contribution is 0.369. The number of hydrogen-bond donors (Lipinski definition) is 1. The summed E-state index contributed by atoms with van der Waals surface area (Å²) in [4.78, 5) is 4.28. The number of aryl methyl sites for hydroxylation is 1. The van der Waals surface area contributed by atoms with Crippen molar-refractivity contribution in [3.8, 4) is 6.07 Å². The zero-order valence-electron chi connectivity index (χ0n) is 12.1. The van der Waals surface area contributed by atoms with Gasteiger partial charge < -0.3 is 9.84 Å². The Morgan fingerprint density at radius 1 is 1.43 bits per heavy atom. The Morgan fingerprint density at radius 2 is 2.24 bits per heavy atom. The van der Waals surface area contributed by atoms with Gasteiger partial charge in [-0.05, 0) is 24.6 Å². The van der Waals surface area contributed by atoms with Crippen LogP contribution in [0, 0.1) is 17.1 Å². The van der Waals surface area contributed by atoms with E-state index in [0.29, 0.717) is 35.9 Å². The first-order valence-corrected chi connectivity index (χ1v) is 6.86. The fourth-order valence-electron chi connectivity index (χ4n) is 1.79.